The number of nitrogens with one attached hydrogen (secondary N) is 1. The van der Waals surface area contributed by atoms with Crippen LogP contribution in [0.25, 0.3) is 0 Å². The summed E-state index contributed by atoms with van der Waals surface area (Å²) in [6.07, 6.45) is 4.79. The Morgan fingerprint density at radius 2 is 2.03 bits per heavy atom. The third kappa shape index (κ3) is 4.79. The summed E-state index contributed by atoms with van der Waals surface area (Å²) in [5.74, 6) is 0.471. The maximum Gasteiger partial charge on any atom is 0.407 e. The number of rotatable bonds is 8. The van der Waals surface area contributed by atoms with Gasteiger partial charge in [0.15, 0.2) is 0 Å². The van der Waals surface area contributed by atoms with Crippen molar-refractivity contribution in [2.45, 2.75) is 82.6 Å². The molecule has 2 saturated heterocycles. The van der Waals surface area contributed by atoms with E-state index in [0.717, 1.165) is 6.42 Å². The number of hydrogen-bond acceptors (Lipinski definition) is 6. The van der Waals surface area contributed by atoms with Crippen LogP contribution in [0.1, 0.15) is 47.5 Å². The second-order valence-electron chi connectivity index (χ2n) is 9.68. The van der Waals surface area contributed by atoms with Crippen molar-refractivity contribution in [2.75, 3.05) is 27.4 Å². The van der Waals surface area contributed by atoms with Gasteiger partial charge in [-0.1, -0.05) is 26.0 Å². The first kappa shape index (κ1) is 22.5. The van der Waals surface area contributed by atoms with Gasteiger partial charge < -0.3 is 29.0 Å². The molecule has 3 aliphatic rings. The van der Waals surface area contributed by atoms with Gasteiger partial charge in [0.2, 0.25) is 0 Å². The van der Waals surface area contributed by atoms with Gasteiger partial charge in [-0.3, -0.25) is 0 Å². The third-order valence-electron chi connectivity index (χ3n) is 6.55. The summed E-state index contributed by atoms with van der Waals surface area (Å²) in [7, 11) is 3.29. The van der Waals surface area contributed by atoms with Crippen LogP contribution in [-0.4, -0.2) is 68.6 Å². The molecule has 2 unspecified atom stereocenters. The van der Waals surface area contributed by atoms with E-state index in [2.05, 4.69) is 38.2 Å². The first-order valence-corrected chi connectivity index (χ1v) is 10.6. The highest BCUT2D eigenvalue weighted by Crippen LogP contribution is 2.59. The van der Waals surface area contributed by atoms with Crippen LogP contribution in [0.2, 0.25) is 0 Å². The Labute approximate surface area is 174 Å². The van der Waals surface area contributed by atoms with Crippen LogP contribution in [0.3, 0.4) is 0 Å². The molecular weight excluding hydrogens is 374 g/mol. The molecular formula is C22H37NO6. The predicted molar refractivity (Wildman–Crippen MR) is 109 cm³/mol. The fourth-order valence-electron chi connectivity index (χ4n) is 4.48. The normalized spacial score (nSPS) is 39.2. The summed E-state index contributed by atoms with van der Waals surface area (Å²) in [5.41, 5.74) is -1.06. The summed E-state index contributed by atoms with van der Waals surface area (Å²) in [4.78, 5) is 12.4. The average molecular weight is 412 g/mol. The molecule has 1 amide bonds. The van der Waals surface area contributed by atoms with Gasteiger partial charge in [0.1, 0.15) is 29.5 Å². The van der Waals surface area contributed by atoms with E-state index in [1.54, 1.807) is 14.2 Å². The predicted octanol–water partition coefficient (Wildman–Crippen LogP) is 3.07. The highest BCUT2D eigenvalue weighted by Gasteiger charge is 2.72. The van der Waals surface area contributed by atoms with Crippen molar-refractivity contribution < 1.29 is 28.5 Å². The number of carbonyl (C=O) groups is 1. The standard InChI is InChI=1S/C22H37NO6/c1-14(2)8-9-16-21(5,29-16)18-17(25-6)15(10-11-22(18)13-27-22)28-19(24)23-12-20(3,4)26-7/h8-9,14-18H,10-13H2,1-7H3,(H,23,24)/t15-,16-,17-,18?,21?,22+/m1/s1. The van der Waals surface area contributed by atoms with Gasteiger partial charge in [-0.05, 0) is 39.5 Å². The molecule has 1 aliphatic carbocycles. The van der Waals surface area contributed by atoms with Crippen molar-refractivity contribution in [1.82, 2.24) is 5.32 Å². The lowest BCUT2D eigenvalue weighted by molar-refractivity contribution is -0.118. The van der Waals surface area contributed by atoms with Crippen LogP contribution in [0.4, 0.5) is 4.79 Å². The Balaban J connectivity index is 1.68. The molecule has 2 heterocycles. The highest BCUT2D eigenvalue weighted by molar-refractivity contribution is 5.67. The molecule has 1 N–H and O–H groups in total. The van der Waals surface area contributed by atoms with Crippen LogP contribution < -0.4 is 5.32 Å². The molecule has 0 aromatic carbocycles. The summed E-state index contributed by atoms with van der Waals surface area (Å²) < 4.78 is 29.1. The van der Waals surface area contributed by atoms with Gasteiger partial charge in [0.05, 0.1) is 18.1 Å². The van der Waals surface area contributed by atoms with Gasteiger partial charge in [0, 0.05) is 20.8 Å². The van der Waals surface area contributed by atoms with E-state index in [9.17, 15) is 4.79 Å². The minimum Gasteiger partial charge on any atom is -0.443 e. The summed E-state index contributed by atoms with van der Waals surface area (Å²) >= 11 is 0. The van der Waals surface area contributed by atoms with Gasteiger partial charge >= 0.3 is 6.09 Å². The molecule has 0 aromatic rings. The van der Waals surface area contributed by atoms with Crippen LogP contribution in [0.15, 0.2) is 12.2 Å². The molecule has 2 aliphatic heterocycles. The third-order valence-corrected chi connectivity index (χ3v) is 6.55. The van der Waals surface area contributed by atoms with Crippen molar-refractivity contribution in [3.8, 4) is 0 Å². The zero-order chi connectivity index (χ0) is 21.4. The average Bonchev–Trinajstić information content (AvgIpc) is 3.57. The fraction of sp³-hybridized carbons (Fsp3) is 0.864. The molecule has 7 nitrogen and oxygen atoms in total. The lowest BCUT2D eigenvalue weighted by atomic mass is 9.68. The Bertz CT molecular complexity index is 629. The smallest absolute Gasteiger partial charge is 0.407 e. The fourth-order valence-corrected chi connectivity index (χ4v) is 4.48. The largest absolute Gasteiger partial charge is 0.443 e. The quantitative estimate of drug-likeness (QED) is 0.488. The molecule has 0 radical (unpaired) electrons. The Morgan fingerprint density at radius 1 is 1.34 bits per heavy atom. The van der Waals surface area contributed by atoms with E-state index >= 15 is 0 Å². The Hall–Kier alpha value is -1.15. The summed E-state index contributed by atoms with van der Waals surface area (Å²) in [5, 5.41) is 2.80. The zero-order valence-corrected chi connectivity index (χ0v) is 18.8. The maximum absolute atomic E-state index is 12.4. The number of ether oxygens (including phenoxy) is 5. The SMILES string of the molecule is CO[C@H]1C(C2(C)O[C@@H]2C=CC(C)C)[C@]2(CC[C@H]1OC(=O)NCC(C)(C)OC)CO2. The highest BCUT2D eigenvalue weighted by atomic mass is 16.6. The van der Waals surface area contributed by atoms with Gasteiger partial charge in [-0.2, -0.15) is 0 Å². The number of hydrogen-bond donors (Lipinski definition) is 1. The number of amides is 1. The molecule has 7 heteroatoms. The van der Waals surface area contributed by atoms with E-state index in [1.807, 2.05) is 13.8 Å². The van der Waals surface area contributed by atoms with Gasteiger partial charge in [0.25, 0.3) is 0 Å². The number of allylic oxidation sites excluding steroid dienone is 1. The Morgan fingerprint density at radius 3 is 2.59 bits per heavy atom. The molecule has 166 valence electrons. The number of carbonyl (C=O) groups excluding carboxylic acids is 1. The monoisotopic (exact) mass is 411 g/mol. The maximum atomic E-state index is 12.4. The second kappa shape index (κ2) is 8.17. The molecule has 3 fully saturated rings. The Kier molecular flexibility index (Phi) is 6.35. The minimum absolute atomic E-state index is 0.00350. The van der Waals surface area contributed by atoms with E-state index in [0.29, 0.717) is 25.5 Å². The van der Waals surface area contributed by atoms with Crippen molar-refractivity contribution in [3.05, 3.63) is 12.2 Å². The second-order valence-corrected chi connectivity index (χ2v) is 9.68. The van der Waals surface area contributed by atoms with Gasteiger partial charge in [-0.15, -0.1) is 0 Å². The first-order chi connectivity index (χ1) is 13.6. The van der Waals surface area contributed by atoms with Crippen LogP contribution >= 0.6 is 0 Å². The van der Waals surface area contributed by atoms with Crippen molar-refractivity contribution >= 4 is 6.09 Å². The summed E-state index contributed by atoms with van der Waals surface area (Å²) in [6.45, 7) is 11.3. The van der Waals surface area contributed by atoms with Crippen LogP contribution in [-0.2, 0) is 23.7 Å². The molecule has 0 aromatic heterocycles. The topological polar surface area (TPSA) is 81.9 Å². The zero-order valence-electron chi connectivity index (χ0n) is 18.8. The number of epoxide rings is 2. The molecule has 1 spiro atoms. The first-order valence-electron chi connectivity index (χ1n) is 10.6. The molecule has 6 atom stereocenters. The van der Waals surface area contributed by atoms with Crippen molar-refractivity contribution in [3.63, 3.8) is 0 Å². The van der Waals surface area contributed by atoms with Crippen molar-refractivity contribution in [2.24, 2.45) is 11.8 Å². The lowest BCUT2D eigenvalue weighted by Gasteiger charge is -2.42. The number of alkyl carbamates (subject to hydrolysis) is 1. The minimum atomic E-state index is -0.452. The number of methoxy groups -OCH3 is 2. The van der Waals surface area contributed by atoms with Crippen molar-refractivity contribution in [1.29, 1.82) is 0 Å². The molecule has 1 saturated carbocycles. The molecule has 29 heavy (non-hydrogen) atoms. The summed E-state index contributed by atoms with van der Waals surface area (Å²) in [6, 6.07) is 0. The van der Waals surface area contributed by atoms with E-state index in [4.69, 9.17) is 23.7 Å². The van der Waals surface area contributed by atoms with Crippen LogP contribution in [0.5, 0.6) is 0 Å². The molecule has 0 bridgehead atoms. The van der Waals surface area contributed by atoms with E-state index in [-0.39, 0.29) is 35.4 Å². The van der Waals surface area contributed by atoms with Crippen LogP contribution in [0, 0.1) is 11.8 Å². The van der Waals surface area contributed by atoms with Gasteiger partial charge in [-0.25, -0.2) is 4.79 Å². The van der Waals surface area contributed by atoms with E-state index < -0.39 is 11.7 Å². The lowest BCUT2D eigenvalue weighted by Crippen LogP contribution is -2.56. The van der Waals surface area contributed by atoms with E-state index in [1.165, 1.54) is 0 Å². The molecule has 3 rings (SSSR count).